The van der Waals surface area contributed by atoms with Gasteiger partial charge in [-0.15, -0.1) is 0 Å². The van der Waals surface area contributed by atoms with Crippen LogP contribution in [0.1, 0.15) is 12.6 Å². The van der Waals surface area contributed by atoms with Crippen LogP contribution in [-0.2, 0) is 16.6 Å². The van der Waals surface area contributed by atoms with Crippen LogP contribution in [0.4, 0.5) is 10.7 Å². The SMILES string of the molecule is CCNc1sc(S(=O)(=O)NCc2ccon2)cc1[N+](=O)[O-]. The highest BCUT2D eigenvalue weighted by atomic mass is 32.2. The summed E-state index contributed by atoms with van der Waals surface area (Å²) in [5.74, 6) is 0. The molecule has 2 rings (SSSR count). The number of nitrogens with one attached hydrogen (secondary N) is 2. The first-order valence-electron chi connectivity index (χ1n) is 5.85. The number of aromatic nitrogens is 1. The molecule has 21 heavy (non-hydrogen) atoms. The third-order valence-electron chi connectivity index (χ3n) is 2.42. The van der Waals surface area contributed by atoms with Gasteiger partial charge in [-0.05, 0) is 6.92 Å². The zero-order valence-corrected chi connectivity index (χ0v) is 12.5. The van der Waals surface area contributed by atoms with Crippen molar-refractivity contribution in [2.75, 3.05) is 11.9 Å². The van der Waals surface area contributed by atoms with E-state index in [-0.39, 0.29) is 21.4 Å². The fourth-order valence-electron chi connectivity index (χ4n) is 1.48. The van der Waals surface area contributed by atoms with E-state index in [0.29, 0.717) is 12.2 Å². The van der Waals surface area contributed by atoms with Crippen LogP contribution in [0.5, 0.6) is 0 Å². The predicted octanol–water partition coefficient (Wildman–Crippen LogP) is 1.55. The molecule has 0 aliphatic carbocycles. The smallest absolute Gasteiger partial charge is 0.304 e. The topological polar surface area (TPSA) is 127 Å². The van der Waals surface area contributed by atoms with E-state index < -0.39 is 14.9 Å². The summed E-state index contributed by atoms with van der Waals surface area (Å²) in [6.07, 6.45) is 1.32. The second-order valence-corrected chi connectivity index (χ2v) is 6.93. The van der Waals surface area contributed by atoms with Gasteiger partial charge < -0.3 is 9.84 Å². The van der Waals surface area contributed by atoms with Gasteiger partial charge in [-0.25, -0.2) is 13.1 Å². The van der Waals surface area contributed by atoms with Crippen molar-refractivity contribution in [3.63, 3.8) is 0 Å². The number of hydrogen-bond acceptors (Lipinski definition) is 8. The summed E-state index contributed by atoms with van der Waals surface area (Å²) < 4.78 is 31.0. The Labute approximate surface area is 124 Å². The van der Waals surface area contributed by atoms with Crippen molar-refractivity contribution in [3.05, 3.63) is 34.2 Å². The van der Waals surface area contributed by atoms with Crippen LogP contribution in [0, 0.1) is 10.1 Å². The molecule has 0 aliphatic heterocycles. The van der Waals surface area contributed by atoms with Crippen LogP contribution in [0.25, 0.3) is 0 Å². The maximum Gasteiger partial charge on any atom is 0.304 e. The molecule has 0 fully saturated rings. The summed E-state index contributed by atoms with van der Waals surface area (Å²) in [5.41, 5.74) is 0.153. The molecule has 0 aliphatic rings. The Balaban J connectivity index is 2.23. The Bertz CT molecular complexity index is 723. The van der Waals surface area contributed by atoms with Gasteiger partial charge in [0.2, 0.25) is 0 Å². The van der Waals surface area contributed by atoms with Crippen molar-refractivity contribution in [2.45, 2.75) is 17.7 Å². The maximum atomic E-state index is 12.1. The fraction of sp³-hybridized carbons (Fsp3) is 0.300. The normalized spacial score (nSPS) is 11.5. The molecule has 0 saturated carbocycles. The first-order chi connectivity index (χ1) is 9.94. The van der Waals surface area contributed by atoms with E-state index in [0.717, 1.165) is 17.4 Å². The van der Waals surface area contributed by atoms with E-state index >= 15 is 0 Å². The van der Waals surface area contributed by atoms with Gasteiger partial charge in [-0.3, -0.25) is 10.1 Å². The van der Waals surface area contributed by atoms with Crippen LogP contribution < -0.4 is 10.0 Å². The molecule has 114 valence electrons. The van der Waals surface area contributed by atoms with Crippen molar-refractivity contribution in [1.29, 1.82) is 0 Å². The lowest BCUT2D eigenvalue weighted by molar-refractivity contribution is -0.383. The van der Waals surface area contributed by atoms with Crippen LogP contribution in [0.3, 0.4) is 0 Å². The highest BCUT2D eigenvalue weighted by Gasteiger charge is 2.25. The highest BCUT2D eigenvalue weighted by molar-refractivity contribution is 7.91. The second-order valence-electron chi connectivity index (χ2n) is 3.88. The molecule has 0 radical (unpaired) electrons. The number of sulfonamides is 1. The van der Waals surface area contributed by atoms with Crippen LogP contribution in [0.15, 0.2) is 27.1 Å². The average Bonchev–Trinajstić information content (AvgIpc) is 3.06. The van der Waals surface area contributed by atoms with E-state index in [9.17, 15) is 18.5 Å². The predicted molar refractivity (Wildman–Crippen MR) is 75.7 cm³/mol. The molecule has 0 bridgehead atoms. The molecule has 9 nitrogen and oxygen atoms in total. The summed E-state index contributed by atoms with van der Waals surface area (Å²) in [5, 5.41) is 17.5. The minimum Gasteiger partial charge on any atom is -0.372 e. The summed E-state index contributed by atoms with van der Waals surface area (Å²) >= 11 is 0.809. The van der Waals surface area contributed by atoms with Crippen LogP contribution in [-0.4, -0.2) is 25.0 Å². The summed E-state index contributed by atoms with van der Waals surface area (Å²) in [6.45, 7) is 2.16. The number of anilines is 1. The minimum absolute atomic E-state index is 0.0545. The number of nitro groups is 1. The Hall–Kier alpha value is -1.98. The van der Waals surface area contributed by atoms with Gasteiger partial charge in [0.15, 0.2) is 5.00 Å². The molecule has 0 unspecified atom stereocenters. The lowest BCUT2D eigenvalue weighted by atomic mass is 10.5. The Morgan fingerprint density at radius 3 is 2.86 bits per heavy atom. The van der Waals surface area contributed by atoms with Gasteiger partial charge in [0, 0.05) is 18.7 Å². The quantitative estimate of drug-likeness (QED) is 0.581. The van der Waals surface area contributed by atoms with Gasteiger partial charge in [0.1, 0.15) is 10.5 Å². The lowest BCUT2D eigenvalue weighted by Gasteiger charge is -2.01. The van der Waals surface area contributed by atoms with E-state index in [1.807, 2.05) is 0 Å². The van der Waals surface area contributed by atoms with Gasteiger partial charge in [0.25, 0.3) is 10.0 Å². The Morgan fingerprint density at radius 1 is 1.52 bits per heavy atom. The van der Waals surface area contributed by atoms with E-state index in [2.05, 4.69) is 19.7 Å². The van der Waals surface area contributed by atoms with E-state index in [4.69, 9.17) is 0 Å². The molecule has 2 N–H and O–H groups in total. The van der Waals surface area contributed by atoms with Crippen molar-refractivity contribution < 1.29 is 17.9 Å². The van der Waals surface area contributed by atoms with Gasteiger partial charge in [-0.1, -0.05) is 16.5 Å². The number of nitrogens with zero attached hydrogens (tertiary/aromatic N) is 2. The first kappa shape index (κ1) is 15.4. The van der Waals surface area contributed by atoms with E-state index in [1.54, 1.807) is 6.92 Å². The number of rotatable bonds is 7. The molecular formula is C10H12N4O5S2. The second kappa shape index (κ2) is 6.20. The molecule has 0 spiro atoms. The summed E-state index contributed by atoms with van der Waals surface area (Å²) in [6, 6.07) is 2.55. The Morgan fingerprint density at radius 2 is 2.29 bits per heavy atom. The molecule has 0 aromatic carbocycles. The molecule has 2 aromatic heterocycles. The van der Waals surface area contributed by atoms with Crippen molar-refractivity contribution in [2.24, 2.45) is 0 Å². The van der Waals surface area contributed by atoms with Crippen LogP contribution >= 0.6 is 11.3 Å². The van der Waals surface area contributed by atoms with Gasteiger partial charge in [-0.2, -0.15) is 0 Å². The standard InChI is InChI=1S/C10H12N4O5S2/c1-2-11-10-8(14(15)16)5-9(20-10)21(17,18)12-6-7-3-4-19-13-7/h3-5,11-12H,2,6H2,1H3. The molecule has 2 aromatic rings. The average molecular weight is 332 g/mol. The molecule has 0 saturated heterocycles. The highest BCUT2D eigenvalue weighted by Crippen LogP contribution is 2.36. The molecular weight excluding hydrogens is 320 g/mol. The van der Waals surface area contributed by atoms with Crippen molar-refractivity contribution in [3.8, 4) is 0 Å². The minimum atomic E-state index is -3.85. The van der Waals surface area contributed by atoms with Crippen molar-refractivity contribution >= 4 is 32.0 Å². The number of hydrogen-bond donors (Lipinski definition) is 2. The monoisotopic (exact) mass is 332 g/mol. The largest absolute Gasteiger partial charge is 0.372 e. The fourth-order valence-corrected chi connectivity index (χ4v) is 3.92. The molecule has 11 heteroatoms. The zero-order chi connectivity index (χ0) is 15.5. The van der Waals surface area contributed by atoms with Gasteiger partial charge in [0.05, 0.1) is 17.2 Å². The Kier molecular flexibility index (Phi) is 4.55. The van der Waals surface area contributed by atoms with Gasteiger partial charge >= 0.3 is 5.69 Å². The zero-order valence-electron chi connectivity index (χ0n) is 10.9. The summed E-state index contributed by atoms with van der Waals surface area (Å²) in [4.78, 5) is 10.3. The third kappa shape index (κ3) is 3.56. The molecule has 0 atom stereocenters. The molecule has 0 amide bonds. The number of thiophene rings is 1. The third-order valence-corrected chi connectivity index (χ3v) is 5.38. The first-order valence-corrected chi connectivity index (χ1v) is 8.15. The van der Waals surface area contributed by atoms with Crippen molar-refractivity contribution in [1.82, 2.24) is 9.88 Å². The van der Waals surface area contributed by atoms with E-state index in [1.165, 1.54) is 12.3 Å². The maximum absolute atomic E-state index is 12.1. The van der Waals surface area contributed by atoms with Crippen LogP contribution in [0.2, 0.25) is 0 Å². The molecule has 2 heterocycles. The summed E-state index contributed by atoms with van der Waals surface area (Å²) in [7, 11) is -3.85. The lowest BCUT2D eigenvalue weighted by Crippen LogP contribution is -2.22.